The molecule has 0 saturated carbocycles. The molecule has 3 aliphatic rings. The summed E-state index contributed by atoms with van der Waals surface area (Å²) in [5, 5.41) is 10.4. The molecular formula is C21H25NO4. The fourth-order valence-corrected chi connectivity index (χ4v) is 4.24. The Morgan fingerprint density at radius 1 is 1.08 bits per heavy atom. The van der Waals surface area contributed by atoms with E-state index in [2.05, 4.69) is 23.1 Å². The molecule has 0 fully saturated rings. The Bertz CT molecular complexity index is 808. The quantitative estimate of drug-likeness (QED) is 0.903. The van der Waals surface area contributed by atoms with Crippen molar-refractivity contribution in [1.82, 2.24) is 4.90 Å². The summed E-state index contributed by atoms with van der Waals surface area (Å²) in [6, 6.07) is 4.44. The highest BCUT2D eigenvalue weighted by atomic mass is 16.5. The molecule has 0 aromatic heterocycles. The first-order valence-electron chi connectivity index (χ1n) is 8.97. The van der Waals surface area contributed by atoms with Crippen LogP contribution in [0.3, 0.4) is 0 Å². The first kappa shape index (κ1) is 17.2. The van der Waals surface area contributed by atoms with Crippen LogP contribution in [0, 0.1) is 0 Å². The van der Waals surface area contributed by atoms with Crippen molar-refractivity contribution in [1.29, 1.82) is 0 Å². The molecule has 0 saturated heterocycles. The minimum Gasteiger partial charge on any atom is -0.509 e. The highest BCUT2D eigenvalue weighted by Gasteiger charge is 2.34. The second-order valence-electron chi connectivity index (χ2n) is 6.98. The number of fused-ring (bicyclic) bond motifs is 3. The first-order valence-corrected chi connectivity index (χ1v) is 8.97. The Morgan fingerprint density at radius 3 is 2.50 bits per heavy atom. The van der Waals surface area contributed by atoms with Crippen LogP contribution in [0.1, 0.15) is 17.5 Å². The second-order valence-corrected chi connectivity index (χ2v) is 6.98. The maximum absolute atomic E-state index is 10.4. The van der Waals surface area contributed by atoms with Crippen molar-refractivity contribution in [3.63, 3.8) is 0 Å². The summed E-state index contributed by atoms with van der Waals surface area (Å²) < 4.78 is 16.3. The van der Waals surface area contributed by atoms with Crippen molar-refractivity contribution in [3.8, 4) is 11.5 Å². The van der Waals surface area contributed by atoms with Gasteiger partial charge >= 0.3 is 0 Å². The van der Waals surface area contributed by atoms with E-state index in [4.69, 9.17) is 14.2 Å². The van der Waals surface area contributed by atoms with Gasteiger partial charge in [0.15, 0.2) is 11.5 Å². The molecular weight excluding hydrogens is 330 g/mol. The molecule has 0 spiro atoms. The lowest BCUT2D eigenvalue weighted by molar-refractivity contribution is 0.128. The van der Waals surface area contributed by atoms with E-state index in [0.717, 1.165) is 37.4 Å². The van der Waals surface area contributed by atoms with Crippen LogP contribution in [0.2, 0.25) is 0 Å². The van der Waals surface area contributed by atoms with Crippen LogP contribution < -0.4 is 9.47 Å². The number of aliphatic hydroxyl groups excluding tert-OH is 1. The van der Waals surface area contributed by atoms with Crippen LogP contribution in [0.4, 0.5) is 0 Å². The summed E-state index contributed by atoms with van der Waals surface area (Å²) in [7, 11) is 4.96. The summed E-state index contributed by atoms with van der Waals surface area (Å²) in [6.07, 6.45) is 7.47. The number of hydrogen-bond acceptors (Lipinski definition) is 5. The molecule has 1 aromatic carbocycles. The monoisotopic (exact) mass is 355 g/mol. The average Bonchev–Trinajstić information content (AvgIpc) is 2.83. The number of rotatable bonds is 3. The van der Waals surface area contributed by atoms with Gasteiger partial charge in [-0.25, -0.2) is 0 Å². The third-order valence-corrected chi connectivity index (χ3v) is 5.65. The van der Waals surface area contributed by atoms with Gasteiger partial charge < -0.3 is 19.3 Å². The van der Waals surface area contributed by atoms with Crippen LogP contribution in [-0.4, -0.2) is 50.0 Å². The van der Waals surface area contributed by atoms with E-state index in [0.29, 0.717) is 0 Å². The third-order valence-electron chi connectivity index (χ3n) is 5.65. The van der Waals surface area contributed by atoms with Gasteiger partial charge in [-0.15, -0.1) is 0 Å². The Morgan fingerprint density at radius 2 is 1.81 bits per heavy atom. The van der Waals surface area contributed by atoms with E-state index < -0.39 is 0 Å². The Kier molecular flexibility index (Phi) is 4.51. The molecule has 2 aliphatic heterocycles. The van der Waals surface area contributed by atoms with Crippen LogP contribution in [0.25, 0.3) is 0 Å². The van der Waals surface area contributed by atoms with E-state index in [9.17, 15) is 5.11 Å². The first-order chi connectivity index (χ1) is 12.6. The lowest BCUT2D eigenvalue weighted by atomic mass is 9.83. The van der Waals surface area contributed by atoms with E-state index in [1.807, 2.05) is 12.2 Å². The van der Waals surface area contributed by atoms with Crippen molar-refractivity contribution in [2.24, 2.45) is 0 Å². The smallest absolute Gasteiger partial charge is 0.161 e. The van der Waals surface area contributed by atoms with Crippen LogP contribution in [-0.2, 0) is 17.7 Å². The number of hydrogen-bond donors (Lipinski definition) is 1. The van der Waals surface area contributed by atoms with E-state index in [-0.39, 0.29) is 17.9 Å². The average molecular weight is 355 g/mol. The Hall–Kier alpha value is -2.24. The van der Waals surface area contributed by atoms with Gasteiger partial charge in [0.05, 0.1) is 14.2 Å². The van der Waals surface area contributed by atoms with Crippen molar-refractivity contribution in [3.05, 3.63) is 58.4 Å². The molecule has 2 atom stereocenters. The summed E-state index contributed by atoms with van der Waals surface area (Å²) >= 11 is 0. The molecule has 0 bridgehead atoms. The molecule has 0 amide bonds. The van der Waals surface area contributed by atoms with Crippen LogP contribution in [0.5, 0.6) is 11.5 Å². The molecule has 2 heterocycles. The highest BCUT2D eigenvalue weighted by molar-refractivity contribution is 5.51. The molecule has 4 rings (SSSR count). The summed E-state index contributed by atoms with van der Waals surface area (Å²) in [4.78, 5) is 2.48. The summed E-state index contributed by atoms with van der Waals surface area (Å²) in [5.41, 5.74) is 5.06. The number of benzene rings is 1. The van der Waals surface area contributed by atoms with Gasteiger partial charge in [-0.3, -0.25) is 4.90 Å². The van der Waals surface area contributed by atoms with Gasteiger partial charge in [-0.05, 0) is 59.4 Å². The predicted molar refractivity (Wildman–Crippen MR) is 99.7 cm³/mol. The number of nitrogens with zero attached hydrogens (tertiary/aromatic N) is 1. The van der Waals surface area contributed by atoms with Gasteiger partial charge in [-0.1, -0.05) is 6.08 Å². The molecule has 2 unspecified atom stereocenters. The largest absolute Gasteiger partial charge is 0.509 e. The molecule has 1 aliphatic carbocycles. The van der Waals surface area contributed by atoms with Gasteiger partial charge in [0.25, 0.3) is 0 Å². The van der Waals surface area contributed by atoms with Gasteiger partial charge in [0.2, 0.25) is 0 Å². The SMILES string of the molecule is COc1cc2c(cc1OC)CN1CCC3=C(C=C(O)C(OC)C=C3)C1C2. The van der Waals surface area contributed by atoms with E-state index >= 15 is 0 Å². The number of methoxy groups -OCH3 is 3. The summed E-state index contributed by atoms with van der Waals surface area (Å²) in [6.45, 7) is 1.89. The molecule has 5 nitrogen and oxygen atoms in total. The maximum Gasteiger partial charge on any atom is 0.161 e. The number of aliphatic hydroxyl groups is 1. The second kappa shape index (κ2) is 6.82. The topological polar surface area (TPSA) is 51.2 Å². The highest BCUT2D eigenvalue weighted by Crippen LogP contribution is 2.39. The van der Waals surface area contributed by atoms with Gasteiger partial charge in [0.1, 0.15) is 11.9 Å². The minimum atomic E-state index is -0.366. The maximum atomic E-state index is 10.4. The zero-order chi connectivity index (χ0) is 18.3. The molecule has 5 heteroatoms. The van der Waals surface area contributed by atoms with Gasteiger partial charge in [0, 0.05) is 26.2 Å². The van der Waals surface area contributed by atoms with Crippen LogP contribution >= 0.6 is 0 Å². The predicted octanol–water partition coefficient (Wildman–Crippen LogP) is 3.16. The van der Waals surface area contributed by atoms with Gasteiger partial charge in [-0.2, -0.15) is 0 Å². The van der Waals surface area contributed by atoms with Crippen molar-refractivity contribution in [2.45, 2.75) is 31.5 Å². The Labute approximate surface area is 154 Å². The Balaban J connectivity index is 1.72. The third kappa shape index (κ3) is 2.81. The minimum absolute atomic E-state index is 0.256. The van der Waals surface area contributed by atoms with Crippen LogP contribution in [0.15, 0.2) is 47.3 Å². The summed E-state index contributed by atoms with van der Waals surface area (Å²) in [5.74, 6) is 1.82. The number of ether oxygens (including phenoxy) is 3. The molecule has 26 heavy (non-hydrogen) atoms. The van der Waals surface area contributed by atoms with Crippen molar-refractivity contribution < 1.29 is 19.3 Å². The van der Waals surface area contributed by atoms with E-state index in [1.54, 1.807) is 21.3 Å². The molecule has 0 radical (unpaired) electrons. The molecule has 1 N–H and O–H groups in total. The van der Waals surface area contributed by atoms with E-state index in [1.165, 1.54) is 22.3 Å². The lowest BCUT2D eigenvalue weighted by Crippen LogP contribution is -2.44. The lowest BCUT2D eigenvalue weighted by Gasteiger charge is -2.41. The van der Waals surface area contributed by atoms with Crippen molar-refractivity contribution >= 4 is 0 Å². The fraction of sp³-hybridized carbons (Fsp3) is 0.429. The standard InChI is InChI=1S/C21H25NO4/c1-24-19-5-4-13-6-7-22-12-15-10-21(26-3)20(25-2)9-14(15)8-17(22)16(13)11-18(19)23/h4-5,9-11,17,19,23H,6-8,12H2,1-3H3. The molecule has 138 valence electrons. The zero-order valence-corrected chi connectivity index (χ0v) is 15.5. The van der Waals surface area contributed by atoms with Crippen molar-refractivity contribution in [2.75, 3.05) is 27.9 Å². The molecule has 1 aromatic rings. The fourth-order valence-electron chi connectivity index (χ4n) is 4.24. The number of allylic oxidation sites excluding steroid dienone is 1. The normalized spacial score (nSPS) is 25.0. The zero-order valence-electron chi connectivity index (χ0n) is 15.5.